The van der Waals surface area contributed by atoms with Gasteiger partial charge in [0.25, 0.3) is 0 Å². The number of benzene rings is 1. The number of fused-ring (bicyclic) bond motifs is 1. The van der Waals surface area contributed by atoms with E-state index < -0.39 is 11.9 Å². The number of nitrogens with zero attached hydrogens (tertiary/aromatic N) is 1. The number of likely N-dealkylation sites (tertiary alicyclic amines) is 1. The topological polar surface area (TPSA) is 57.6 Å². The van der Waals surface area contributed by atoms with Crippen LogP contribution in [0.3, 0.4) is 0 Å². The summed E-state index contributed by atoms with van der Waals surface area (Å²) in [7, 11) is 0. The van der Waals surface area contributed by atoms with Gasteiger partial charge in [0.2, 0.25) is 5.91 Å². The highest BCUT2D eigenvalue weighted by molar-refractivity contribution is 5.85. The zero-order valence-electron chi connectivity index (χ0n) is 13.0. The molecule has 1 N–H and O–H groups in total. The third-order valence-corrected chi connectivity index (χ3v) is 5.26. The third kappa shape index (κ3) is 2.62. The van der Waals surface area contributed by atoms with Crippen LogP contribution in [0.15, 0.2) is 24.3 Å². The summed E-state index contributed by atoms with van der Waals surface area (Å²) < 4.78 is 0. The lowest BCUT2D eigenvalue weighted by Crippen LogP contribution is -2.50. The van der Waals surface area contributed by atoms with Crippen LogP contribution in [-0.2, 0) is 16.0 Å². The van der Waals surface area contributed by atoms with Gasteiger partial charge in [-0.25, -0.2) is 0 Å². The van der Waals surface area contributed by atoms with Crippen LogP contribution >= 0.6 is 0 Å². The molecule has 0 radical (unpaired) electrons. The molecule has 0 bridgehead atoms. The van der Waals surface area contributed by atoms with E-state index in [0.717, 1.165) is 31.2 Å². The molecular weight excluding hydrogens is 278 g/mol. The Hall–Kier alpha value is -1.84. The van der Waals surface area contributed by atoms with E-state index in [1.165, 1.54) is 5.56 Å². The Balaban J connectivity index is 1.84. The Morgan fingerprint density at radius 2 is 1.95 bits per heavy atom. The molecule has 1 aliphatic carbocycles. The molecule has 1 aliphatic heterocycles. The summed E-state index contributed by atoms with van der Waals surface area (Å²) in [6, 6.07) is 7.96. The van der Waals surface area contributed by atoms with Gasteiger partial charge in [-0.05, 0) is 50.2 Å². The second-order valence-electron chi connectivity index (χ2n) is 6.50. The van der Waals surface area contributed by atoms with Crippen LogP contribution in [0.4, 0.5) is 0 Å². The molecule has 4 nitrogen and oxygen atoms in total. The highest BCUT2D eigenvalue weighted by Gasteiger charge is 2.38. The van der Waals surface area contributed by atoms with Crippen molar-refractivity contribution in [2.75, 3.05) is 6.54 Å². The first-order valence-corrected chi connectivity index (χ1v) is 8.20. The van der Waals surface area contributed by atoms with Crippen molar-refractivity contribution in [3.05, 3.63) is 35.4 Å². The van der Waals surface area contributed by atoms with Gasteiger partial charge in [-0.15, -0.1) is 0 Å². The highest BCUT2D eigenvalue weighted by Crippen LogP contribution is 2.35. The predicted molar refractivity (Wildman–Crippen MR) is 83.7 cm³/mol. The second kappa shape index (κ2) is 6.11. The molecule has 3 atom stereocenters. The lowest BCUT2D eigenvalue weighted by atomic mass is 9.80. The molecule has 1 heterocycles. The van der Waals surface area contributed by atoms with Gasteiger partial charge in [0.1, 0.15) is 0 Å². The number of hydrogen-bond donors (Lipinski definition) is 1. The summed E-state index contributed by atoms with van der Waals surface area (Å²) in [5.41, 5.74) is 2.41. The first-order valence-electron chi connectivity index (χ1n) is 8.20. The quantitative estimate of drug-likeness (QED) is 0.914. The molecule has 1 fully saturated rings. The molecule has 118 valence electrons. The van der Waals surface area contributed by atoms with E-state index in [0.29, 0.717) is 13.0 Å². The lowest BCUT2D eigenvalue weighted by molar-refractivity contribution is -0.149. The van der Waals surface area contributed by atoms with E-state index >= 15 is 0 Å². The van der Waals surface area contributed by atoms with Crippen molar-refractivity contribution in [2.45, 2.75) is 51.0 Å². The zero-order valence-corrected chi connectivity index (χ0v) is 13.0. The molecule has 3 rings (SSSR count). The van der Waals surface area contributed by atoms with Crippen molar-refractivity contribution in [3.8, 4) is 0 Å². The molecule has 1 unspecified atom stereocenters. The van der Waals surface area contributed by atoms with Gasteiger partial charge in [0, 0.05) is 12.6 Å². The van der Waals surface area contributed by atoms with Crippen LogP contribution in [0.1, 0.15) is 49.7 Å². The van der Waals surface area contributed by atoms with Crippen LogP contribution in [0.25, 0.3) is 0 Å². The smallest absolute Gasteiger partial charge is 0.308 e. The average molecular weight is 301 g/mol. The standard InChI is InChI=1S/C18H23NO3/c1-12-14(18(21)22)10-5-11-19(12)17(20)16-9-4-7-13-6-2-3-8-15(13)16/h2-3,6,8,12,14,16H,4-5,7,9-11H2,1H3,(H,21,22)/t12-,14-,16?/m1/s1. The van der Waals surface area contributed by atoms with Gasteiger partial charge in [-0.3, -0.25) is 9.59 Å². The van der Waals surface area contributed by atoms with E-state index in [1.54, 1.807) is 0 Å². The number of carboxylic acids is 1. The predicted octanol–water partition coefficient (Wildman–Crippen LogP) is 2.82. The molecule has 0 saturated carbocycles. The molecule has 2 aliphatic rings. The molecule has 1 aromatic carbocycles. The van der Waals surface area contributed by atoms with Crippen LogP contribution in [0, 0.1) is 5.92 Å². The van der Waals surface area contributed by atoms with E-state index in [-0.39, 0.29) is 17.9 Å². The lowest BCUT2D eigenvalue weighted by Gasteiger charge is -2.40. The number of carbonyl (C=O) groups excluding carboxylic acids is 1. The summed E-state index contributed by atoms with van der Waals surface area (Å²) in [5.74, 6) is -1.20. The minimum atomic E-state index is -0.783. The summed E-state index contributed by atoms with van der Waals surface area (Å²) in [6.07, 6.45) is 4.38. The number of piperidine rings is 1. The monoisotopic (exact) mass is 301 g/mol. The number of hydrogen-bond acceptors (Lipinski definition) is 2. The Morgan fingerprint density at radius 1 is 1.18 bits per heavy atom. The van der Waals surface area contributed by atoms with E-state index in [9.17, 15) is 14.7 Å². The van der Waals surface area contributed by atoms with Crippen LogP contribution in [0.2, 0.25) is 0 Å². The highest BCUT2D eigenvalue weighted by atomic mass is 16.4. The minimum absolute atomic E-state index is 0.0973. The summed E-state index contributed by atoms with van der Waals surface area (Å²) in [5, 5.41) is 9.34. The third-order valence-electron chi connectivity index (χ3n) is 5.26. The molecule has 22 heavy (non-hydrogen) atoms. The van der Waals surface area contributed by atoms with Gasteiger partial charge in [0.05, 0.1) is 11.8 Å². The summed E-state index contributed by atoms with van der Waals surface area (Å²) >= 11 is 0. The largest absolute Gasteiger partial charge is 0.481 e. The summed E-state index contributed by atoms with van der Waals surface area (Å²) in [6.45, 7) is 2.56. The fourth-order valence-electron chi connectivity index (χ4n) is 3.99. The van der Waals surface area contributed by atoms with Crippen molar-refractivity contribution >= 4 is 11.9 Å². The number of amides is 1. The van der Waals surface area contributed by atoms with E-state index in [1.807, 2.05) is 24.0 Å². The van der Waals surface area contributed by atoms with Crippen molar-refractivity contribution in [3.63, 3.8) is 0 Å². The average Bonchev–Trinajstić information content (AvgIpc) is 2.53. The van der Waals surface area contributed by atoms with Crippen molar-refractivity contribution in [1.29, 1.82) is 0 Å². The Bertz CT molecular complexity index is 583. The SMILES string of the molecule is C[C@@H]1[C@H](C(=O)O)CCCN1C(=O)C1CCCc2ccccc21. The second-order valence-corrected chi connectivity index (χ2v) is 6.50. The van der Waals surface area contributed by atoms with Gasteiger partial charge in [-0.2, -0.15) is 0 Å². The fraction of sp³-hybridized carbons (Fsp3) is 0.556. The normalized spacial score (nSPS) is 28.0. The number of carboxylic acid groups (broad SMARTS) is 1. The molecular formula is C18H23NO3. The Labute approximate surface area is 131 Å². The van der Waals surface area contributed by atoms with Crippen molar-refractivity contribution in [2.24, 2.45) is 5.92 Å². The first-order chi connectivity index (χ1) is 10.6. The minimum Gasteiger partial charge on any atom is -0.481 e. The summed E-state index contributed by atoms with van der Waals surface area (Å²) in [4.78, 5) is 26.2. The maximum absolute atomic E-state index is 13.0. The molecule has 0 aromatic heterocycles. The number of aliphatic carboxylic acids is 1. The first kappa shape index (κ1) is 15.1. The van der Waals surface area contributed by atoms with Crippen molar-refractivity contribution < 1.29 is 14.7 Å². The number of aryl methyl sites for hydroxylation is 1. The fourth-order valence-corrected chi connectivity index (χ4v) is 3.99. The van der Waals surface area contributed by atoms with Gasteiger partial charge >= 0.3 is 5.97 Å². The van der Waals surface area contributed by atoms with Gasteiger partial charge < -0.3 is 10.0 Å². The molecule has 1 aromatic rings. The zero-order chi connectivity index (χ0) is 15.7. The van der Waals surface area contributed by atoms with Gasteiger partial charge in [0.15, 0.2) is 0 Å². The molecule has 4 heteroatoms. The van der Waals surface area contributed by atoms with Crippen molar-refractivity contribution in [1.82, 2.24) is 4.90 Å². The van der Waals surface area contributed by atoms with Crippen LogP contribution in [0.5, 0.6) is 0 Å². The number of carbonyl (C=O) groups is 2. The Morgan fingerprint density at radius 3 is 2.73 bits per heavy atom. The van der Waals surface area contributed by atoms with Gasteiger partial charge in [-0.1, -0.05) is 24.3 Å². The van der Waals surface area contributed by atoms with E-state index in [2.05, 4.69) is 12.1 Å². The molecule has 1 amide bonds. The maximum Gasteiger partial charge on any atom is 0.308 e. The molecule has 1 saturated heterocycles. The van der Waals surface area contributed by atoms with Crippen LogP contribution in [-0.4, -0.2) is 34.5 Å². The molecule has 0 spiro atoms. The Kier molecular flexibility index (Phi) is 4.19. The van der Waals surface area contributed by atoms with E-state index in [4.69, 9.17) is 0 Å². The maximum atomic E-state index is 13.0. The van der Waals surface area contributed by atoms with Crippen LogP contribution < -0.4 is 0 Å². The number of rotatable bonds is 2.